The van der Waals surface area contributed by atoms with Crippen molar-refractivity contribution in [1.29, 1.82) is 0 Å². The molecule has 0 radical (unpaired) electrons. The second-order valence-corrected chi connectivity index (χ2v) is 4.20. The first-order chi connectivity index (χ1) is 8.82. The van der Waals surface area contributed by atoms with Gasteiger partial charge in [-0.25, -0.2) is 13.6 Å². The Labute approximate surface area is 109 Å². The predicted molar refractivity (Wildman–Crippen MR) is 66.2 cm³/mol. The number of carbonyl (C=O) groups is 2. The van der Waals surface area contributed by atoms with Crippen LogP contribution in [0.1, 0.15) is 26.3 Å². The van der Waals surface area contributed by atoms with Gasteiger partial charge in [0.05, 0.1) is 6.10 Å². The van der Waals surface area contributed by atoms with Gasteiger partial charge < -0.3 is 4.74 Å². The number of hydrogen-bond acceptors (Lipinski definition) is 3. The monoisotopic (exact) mass is 268 g/mol. The predicted octanol–water partition coefficient (Wildman–Crippen LogP) is 2.89. The van der Waals surface area contributed by atoms with E-state index in [1.165, 1.54) is 19.1 Å². The molecule has 102 valence electrons. The number of ether oxygens (including phenoxy) is 1. The number of carbonyl (C=O) groups excluding carboxylic acids is 2. The third-order valence-corrected chi connectivity index (χ3v) is 2.24. The zero-order valence-electron chi connectivity index (χ0n) is 10.9. The summed E-state index contributed by atoms with van der Waals surface area (Å²) < 4.78 is 31.6. The van der Waals surface area contributed by atoms with Crippen molar-refractivity contribution >= 4 is 17.3 Å². The average Bonchev–Trinajstić information content (AvgIpc) is 2.29. The summed E-state index contributed by atoms with van der Waals surface area (Å²) in [5.74, 6) is -3.57. The molecule has 1 aromatic carbocycles. The van der Waals surface area contributed by atoms with Gasteiger partial charge in [-0.05, 0) is 26.8 Å². The van der Waals surface area contributed by atoms with Gasteiger partial charge in [0.25, 0.3) is 0 Å². The second kappa shape index (κ2) is 6.22. The highest BCUT2D eigenvalue weighted by Gasteiger charge is 2.17. The van der Waals surface area contributed by atoms with Crippen molar-refractivity contribution in [3.63, 3.8) is 0 Å². The highest BCUT2D eigenvalue weighted by atomic mass is 19.2. The van der Waals surface area contributed by atoms with Gasteiger partial charge in [-0.15, -0.1) is 0 Å². The lowest BCUT2D eigenvalue weighted by atomic mass is 10.0. The van der Waals surface area contributed by atoms with Crippen LogP contribution in [0.15, 0.2) is 24.3 Å². The Morgan fingerprint density at radius 2 is 1.89 bits per heavy atom. The lowest BCUT2D eigenvalue weighted by Gasteiger charge is -2.08. The number of esters is 1. The molecule has 0 unspecified atom stereocenters. The molecule has 3 nitrogen and oxygen atoms in total. The van der Waals surface area contributed by atoms with E-state index in [2.05, 4.69) is 0 Å². The van der Waals surface area contributed by atoms with Gasteiger partial charge in [-0.1, -0.05) is 12.1 Å². The minimum atomic E-state index is -1.17. The maximum atomic E-state index is 13.6. The number of allylic oxidation sites excluding steroid dienone is 1. The van der Waals surface area contributed by atoms with Crippen LogP contribution in [0.5, 0.6) is 0 Å². The Balaban J connectivity index is 3.22. The quantitative estimate of drug-likeness (QED) is 0.623. The van der Waals surface area contributed by atoms with Gasteiger partial charge in [0.1, 0.15) is 0 Å². The summed E-state index contributed by atoms with van der Waals surface area (Å²) in [5.41, 5.74) is -0.476. The summed E-state index contributed by atoms with van der Waals surface area (Å²) in [7, 11) is 0. The number of ketones is 1. The number of halogens is 2. The van der Waals surface area contributed by atoms with Crippen LogP contribution in [0.2, 0.25) is 0 Å². The van der Waals surface area contributed by atoms with E-state index in [1.54, 1.807) is 13.8 Å². The van der Waals surface area contributed by atoms with Crippen LogP contribution in [0.4, 0.5) is 8.78 Å². The Kier molecular flexibility index (Phi) is 4.92. The molecule has 0 fully saturated rings. The van der Waals surface area contributed by atoms with Crippen molar-refractivity contribution in [3.05, 3.63) is 41.5 Å². The summed E-state index contributed by atoms with van der Waals surface area (Å²) in [4.78, 5) is 22.9. The molecular weight excluding hydrogens is 254 g/mol. The van der Waals surface area contributed by atoms with E-state index >= 15 is 0 Å². The van der Waals surface area contributed by atoms with Crippen LogP contribution < -0.4 is 0 Å². The first kappa shape index (κ1) is 15.0. The Hall–Kier alpha value is -2.04. The Bertz CT molecular complexity index is 533. The van der Waals surface area contributed by atoms with Crippen LogP contribution in [0.25, 0.3) is 5.57 Å². The number of benzene rings is 1. The second-order valence-electron chi connectivity index (χ2n) is 4.20. The zero-order valence-corrected chi connectivity index (χ0v) is 10.9. The fraction of sp³-hybridized carbons (Fsp3) is 0.286. The molecule has 0 aliphatic heterocycles. The molecule has 0 aliphatic rings. The zero-order chi connectivity index (χ0) is 14.6. The summed E-state index contributed by atoms with van der Waals surface area (Å²) >= 11 is 0. The maximum absolute atomic E-state index is 13.6. The number of Topliss-reactive ketones (excluding diaryl/α,β-unsaturated/α-hetero) is 1. The van der Waals surface area contributed by atoms with Crippen LogP contribution in [-0.2, 0) is 14.3 Å². The van der Waals surface area contributed by atoms with Crippen LogP contribution in [-0.4, -0.2) is 17.9 Å². The highest BCUT2D eigenvalue weighted by Crippen LogP contribution is 2.21. The molecule has 0 N–H and O–H groups in total. The molecule has 0 spiro atoms. The molecule has 0 heterocycles. The molecule has 1 aromatic rings. The maximum Gasteiger partial charge on any atom is 0.331 e. The minimum Gasteiger partial charge on any atom is -0.460 e. The van der Waals surface area contributed by atoms with Gasteiger partial charge >= 0.3 is 5.97 Å². The van der Waals surface area contributed by atoms with Gasteiger partial charge in [-0.2, -0.15) is 0 Å². The molecule has 0 aromatic heterocycles. The molecule has 0 saturated heterocycles. The normalized spacial score (nSPS) is 11.6. The van der Waals surface area contributed by atoms with E-state index < -0.39 is 23.4 Å². The number of rotatable bonds is 4. The Morgan fingerprint density at radius 1 is 1.26 bits per heavy atom. The Morgan fingerprint density at radius 3 is 2.42 bits per heavy atom. The SMILES string of the molecule is CC(=O)C(=CC(=O)OC(C)C)c1cccc(F)c1F. The fourth-order valence-corrected chi connectivity index (χ4v) is 1.47. The minimum absolute atomic E-state index is 0.220. The molecule has 0 atom stereocenters. The summed E-state index contributed by atoms with van der Waals surface area (Å²) in [6.07, 6.45) is 0.509. The van der Waals surface area contributed by atoms with E-state index in [0.717, 1.165) is 12.1 Å². The third kappa shape index (κ3) is 3.98. The lowest BCUT2D eigenvalue weighted by molar-refractivity contribution is -0.141. The van der Waals surface area contributed by atoms with E-state index in [-0.39, 0.29) is 17.2 Å². The van der Waals surface area contributed by atoms with Crippen molar-refractivity contribution in [1.82, 2.24) is 0 Å². The summed E-state index contributed by atoms with van der Waals surface area (Å²) in [5, 5.41) is 0. The first-order valence-corrected chi connectivity index (χ1v) is 5.70. The fourth-order valence-electron chi connectivity index (χ4n) is 1.47. The van der Waals surface area contributed by atoms with E-state index in [1.807, 2.05) is 0 Å². The van der Waals surface area contributed by atoms with Crippen LogP contribution in [0.3, 0.4) is 0 Å². The average molecular weight is 268 g/mol. The highest BCUT2D eigenvalue weighted by molar-refractivity contribution is 6.23. The van der Waals surface area contributed by atoms with E-state index in [9.17, 15) is 18.4 Å². The molecular formula is C14H14F2O3. The standard InChI is InChI=1S/C14H14F2O3/c1-8(2)19-13(18)7-11(9(3)17)10-5-4-6-12(15)14(10)16/h4-8H,1-3H3. The van der Waals surface area contributed by atoms with E-state index in [0.29, 0.717) is 0 Å². The number of hydrogen-bond donors (Lipinski definition) is 0. The van der Waals surface area contributed by atoms with Crippen molar-refractivity contribution in [3.8, 4) is 0 Å². The van der Waals surface area contributed by atoms with Crippen molar-refractivity contribution in [2.24, 2.45) is 0 Å². The molecule has 5 heteroatoms. The summed E-state index contributed by atoms with van der Waals surface area (Å²) in [6.45, 7) is 4.45. The van der Waals surface area contributed by atoms with Gasteiger partial charge in [0.15, 0.2) is 17.4 Å². The van der Waals surface area contributed by atoms with Gasteiger partial charge in [0, 0.05) is 17.2 Å². The van der Waals surface area contributed by atoms with Crippen LogP contribution in [0, 0.1) is 11.6 Å². The molecule has 19 heavy (non-hydrogen) atoms. The largest absolute Gasteiger partial charge is 0.460 e. The topological polar surface area (TPSA) is 43.4 Å². The third-order valence-electron chi connectivity index (χ3n) is 2.24. The smallest absolute Gasteiger partial charge is 0.331 e. The molecule has 0 saturated carbocycles. The van der Waals surface area contributed by atoms with Crippen molar-refractivity contribution < 1.29 is 23.1 Å². The summed E-state index contributed by atoms with van der Waals surface area (Å²) in [6, 6.07) is 3.43. The first-order valence-electron chi connectivity index (χ1n) is 5.70. The van der Waals surface area contributed by atoms with Crippen molar-refractivity contribution in [2.75, 3.05) is 0 Å². The van der Waals surface area contributed by atoms with Crippen molar-refractivity contribution in [2.45, 2.75) is 26.9 Å². The molecule has 1 rings (SSSR count). The van der Waals surface area contributed by atoms with Gasteiger partial charge in [0.2, 0.25) is 0 Å². The van der Waals surface area contributed by atoms with Gasteiger partial charge in [-0.3, -0.25) is 4.79 Å². The lowest BCUT2D eigenvalue weighted by Crippen LogP contribution is -2.11. The van der Waals surface area contributed by atoms with Crippen LogP contribution >= 0.6 is 0 Å². The molecule has 0 amide bonds. The van der Waals surface area contributed by atoms with E-state index in [4.69, 9.17) is 4.74 Å². The molecule has 0 aliphatic carbocycles. The molecule has 0 bridgehead atoms.